The maximum Gasteiger partial charge on any atom is 0.223 e. The number of rotatable bonds is 3. The second-order valence-corrected chi connectivity index (χ2v) is 5.36. The highest BCUT2D eigenvalue weighted by molar-refractivity contribution is 5.79. The quantitative estimate of drug-likeness (QED) is 0.864. The molecular formula is C14H18N2O. The van der Waals surface area contributed by atoms with Crippen LogP contribution in [-0.4, -0.2) is 10.9 Å². The van der Waals surface area contributed by atoms with E-state index in [2.05, 4.69) is 10.3 Å². The molecular weight excluding hydrogens is 212 g/mol. The third-order valence-electron chi connectivity index (χ3n) is 4.26. The Morgan fingerprint density at radius 2 is 2.35 bits per heavy atom. The molecule has 2 aliphatic carbocycles. The fourth-order valence-electron chi connectivity index (χ4n) is 3.39. The van der Waals surface area contributed by atoms with E-state index in [1.54, 1.807) is 12.4 Å². The van der Waals surface area contributed by atoms with Crippen molar-refractivity contribution in [2.24, 2.45) is 17.8 Å². The Labute approximate surface area is 102 Å². The molecule has 2 saturated carbocycles. The van der Waals surface area contributed by atoms with Crippen LogP contribution in [0, 0.1) is 17.8 Å². The van der Waals surface area contributed by atoms with Crippen LogP contribution in [0.4, 0.5) is 0 Å². The van der Waals surface area contributed by atoms with Crippen molar-refractivity contribution < 1.29 is 4.79 Å². The molecule has 0 radical (unpaired) electrons. The maximum atomic E-state index is 12.1. The largest absolute Gasteiger partial charge is 0.352 e. The maximum absolute atomic E-state index is 12.1. The van der Waals surface area contributed by atoms with Crippen molar-refractivity contribution in [2.45, 2.75) is 32.2 Å². The first-order chi connectivity index (χ1) is 8.33. The van der Waals surface area contributed by atoms with Crippen LogP contribution >= 0.6 is 0 Å². The number of aromatic nitrogens is 1. The molecule has 1 heterocycles. The summed E-state index contributed by atoms with van der Waals surface area (Å²) in [6.07, 6.45) is 8.56. The fourth-order valence-corrected chi connectivity index (χ4v) is 3.39. The van der Waals surface area contributed by atoms with Crippen molar-refractivity contribution in [2.75, 3.05) is 0 Å². The van der Waals surface area contributed by atoms with Crippen molar-refractivity contribution in [3.05, 3.63) is 30.1 Å². The molecule has 3 nitrogen and oxygen atoms in total. The van der Waals surface area contributed by atoms with Gasteiger partial charge < -0.3 is 5.32 Å². The second-order valence-electron chi connectivity index (χ2n) is 5.36. The number of nitrogens with one attached hydrogen (secondary N) is 1. The van der Waals surface area contributed by atoms with Gasteiger partial charge in [-0.05, 0) is 42.7 Å². The SMILES string of the molecule is O=C(NCc1cccnc1)[C@H]1C[C@H]2CC[C@H]1C2. The molecule has 1 aromatic heterocycles. The third kappa shape index (κ3) is 2.19. The van der Waals surface area contributed by atoms with Gasteiger partial charge in [0, 0.05) is 24.9 Å². The molecule has 0 unspecified atom stereocenters. The Kier molecular flexibility index (Phi) is 2.83. The summed E-state index contributed by atoms with van der Waals surface area (Å²) >= 11 is 0. The van der Waals surface area contributed by atoms with Gasteiger partial charge in [0.1, 0.15) is 0 Å². The molecule has 17 heavy (non-hydrogen) atoms. The zero-order valence-electron chi connectivity index (χ0n) is 9.93. The number of carbonyl (C=O) groups is 1. The van der Waals surface area contributed by atoms with Crippen LogP contribution in [0.2, 0.25) is 0 Å². The van der Waals surface area contributed by atoms with Crippen molar-refractivity contribution >= 4 is 5.91 Å². The van der Waals surface area contributed by atoms with Crippen LogP contribution in [0.3, 0.4) is 0 Å². The predicted octanol–water partition coefficient (Wildman–Crippen LogP) is 2.13. The van der Waals surface area contributed by atoms with Gasteiger partial charge in [-0.2, -0.15) is 0 Å². The van der Waals surface area contributed by atoms with Gasteiger partial charge in [0.15, 0.2) is 0 Å². The van der Waals surface area contributed by atoms with E-state index in [0.29, 0.717) is 12.5 Å². The van der Waals surface area contributed by atoms with E-state index in [1.165, 1.54) is 19.3 Å². The first-order valence-corrected chi connectivity index (χ1v) is 6.49. The van der Waals surface area contributed by atoms with Gasteiger partial charge >= 0.3 is 0 Å². The zero-order chi connectivity index (χ0) is 11.7. The smallest absolute Gasteiger partial charge is 0.223 e. The number of nitrogens with zero attached hydrogens (tertiary/aromatic N) is 1. The molecule has 0 spiro atoms. The first kappa shape index (κ1) is 10.8. The minimum atomic E-state index is 0.251. The fraction of sp³-hybridized carbons (Fsp3) is 0.571. The summed E-state index contributed by atoms with van der Waals surface area (Å²) in [6.45, 7) is 0.612. The molecule has 0 aromatic carbocycles. The molecule has 3 atom stereocenters. The van der Waals surface area contributed by atoms with Crippen molar-refractivity contribution in [3.63, 3.8) is 0 Å². The van der Waals surface area contributed by atoms with Gasteiger partial charge in [-0.25, -0.2) is 0 Å². The molecule has 0 saturated heterocycles. The molecule has 2 fully saturated rings. The Balaban J connectivity index is 1.54. The summed E-state index contributed by atoms with van der Waals surface area (Å²) in [6, 6.07) is 3.90. The molecule has 2 bridgehead atoms. The Hall–Kier alpha value is -1.38. The number of fused-ring (bicyclic) bond motifs is 2. The third-order valence-corrected chi connectivity index (χ3v) is 4.26. The summed E-state index contributed by atoms with van der Waals surface area (Å²) in [5.74, 6) is 2.02. The number of hydrogen-bond donors (Lipinski definition) is 1. The lowest BCUT2D eigenvalue weighted by Gasteiger charge is -2.20. The van der Waals surface area contributed by atoms with E-state index in [4.69, 9.17) is 0 Å². The summed E-state index contributed by atoms with van der Waals surface area (Å²) in [5, 5.41) is 3.05. The van der Waals surface area contributed by atoms with Crippen molar-refractivity contribution in [1.29, 1.82) is 0 Å². The lowest BCUT2D eigenvalue weighted by atomic mass is 9.88. The van der Waals surface area contributed by atoms with Crippen LogP contribution in [-0.2, 0) is 11.3 Å². The summed E-state index contributed by atoms with van der Waals surface area (Å²) in [4.78, 5) is 16.1. The molecule has 1 N–H and O–H groups in total. The summed E-state index contributed by atoms with van der Waals surface area (Å²) in [7, 11) is 0. The number of carbonyl (C=O) groups excluding carboxylic acids is 1. The molecule has 90 valence electrons. The summed E-state index contributed by atoms with van der Waals surface area (Å²) < 4.78 is 0. The minimum Gasteiger partial charge on any atom is -0.352 e. The highest BCUT2D eigenvalue weighted by Gasteiger charge is 2.42. The van der Waals surface area contributed by atoms with Crippen molar-refractivity contribution in [3.8, 4) is 0 Å². The molecule has 1 amide bonds. The van der Waals surface area contributed by atoms with Crippen LogP contribution in [0.5, 0.6) is 0 Å². The lowest BCUT2D eigenvalue weighted by Crippen LogP contribution is -2.33. The van der Waals surface area contributed by atoms with Crippen LogP contribution < -0.4 is 5.32 Å². The highest BCUT2D eigenvalue weighted by atomic mass is 16.1. The second kappa shape index (κ2) is 4.47. The Morgan fingerprint density at radius 3 is 3.00 bits per heavy atom. The highest BCUT2D eigenvalue weighted by Crippen LogP contribution is 2.48. The average molecular weight is 230 g/mol. The molecule has 2 aliphatic rings. The monoisotopic (exact) mass is 230 g/mol. The average Bonchev–Trinajstić information content (AvgIpc) is 2.99. The molecule has 0 aliphatic heterocycles. The van der Waals surface area contributed by atoms with Crippen LogP contribution in [0.1, 0.15) is 31.2 Å². The number of pyridine rings is 1. The molecule has 3 heteroatoms. The van der Waals surface area contributed by atoms with Crippen LogP contribution in [0.25, 0.3) is 0 Å². The zero-order valence-corrected chi connectivity index (χ0v) is 9.93. The molecule has 1 aromatic rings. The van der Waals surface area contributed by atoms with E-state index < -0.39 is 0 Å². The van der Waals surface area contributed by atoms with Crippen molar-refractivity contribution in [1.82, 2.24) is 10.3 Å². The Morgan fingerprint density at radius 1 is 1.41 bits per heavy atom. The lowest BCUT2D eigenvalue weighted by molar-refractivity contribution is -0.126. The van der Waals surface area contributed by atoms with Crippen LogP contribution in [0.15, 0.2) is 24.5 Å². The van der Waals surface area contributed by atoms with Gasteiger partial charge in [0.25, 0.3) is 0 Å². The van der Waals surface area contributed by atoms with E-state index in [9.17, 15) is 4.79 Å². The van der Waals surface area contributed by atoms with E-state index in [0.717, 1.165) is 17.9 Å². The standard InChI is InChI=1S/C14H18N2O/c17-14(13-7-10-3-4-12(13)6-10)16-9-11-2-1-5-15-8-11/h1-2,5,8,10,12-13H,3-4,6-7,9H2,(H,16,17)/t10-,12-,13-/m0/s1. The van der Waals surface area contributed by atoms with Gasteiger partial charge in [-0.15, -0.1) is 0 Å². The number of amides is 1. The predicted molar refractivity (Wildman–Crippen MR) is 65.0 cm³/mol. The van der Waals surface area contributed by atoms with E-state index in [-0.39, 0.29) is 11.8 Å². The van der Waals surface area contributed by atoms with Gasteiger partial charge in [-0.1, -0.05) is 12.5 Å². The topological polar surface area (TPSA) is 42.0 Å². The normalized spacial score (nSPS) is 30.5. The number of hydrogen-bond acceptors (Lipinski definition) is 2. The first-order valence-electron chi connectivity index (χ1n) is 6.49. The van der Waals surface area contributed by atoms with E-state index in [1.807, 2.05) is 12.1 Å². The van der Waals surface area contributed by atoms with Gasteiger partial charge in [-0.3, -0.25) is 9.78 Å². The van der Waals surface area contributed by atoms with E-state index >= 15 is 0 Å². The minimum absolute atomic E-state index is 0.251. The van der Waals surface area contributed by atoms with Gasteiger partial charge in [0.05, 0.1) is 0 Å². The summed E-state index contributed by atoms with van der Waals surface area (Å²) in [5.41, 5.74) is 1.07. The molecule has 3 rings (SSSR count). The Bertz CT molecular complexity index is 404. The van der Waals surface area contributed by atoms with Gasteiger partial charge in [0.2, 0.25) is 5.91 Å².